The van der Waals surface area contributed by atoms with Crippen LogP contribution in [0.15, 0.2) is 41.2 Å². The van der Waals surface area contributed by atoms with Crippen LogP contribution < -0.4 is 14.9 Å². The number of benzene rings is 2. The van der Waals surface area contributed by atoms with Crippen molar-refractivity contribution in [2.75, 3.05) is 14.2 Å². The maximum absolute atomic E-state index is 12.4. The van der Waals surface area contributed by atoms with Crippen LogP contribution in [0.3, 0.4) is 0 Å². The van der Waals surface area contributed by atoms with Gasteiger partial charge >= 0.3 is 0 Å². The summed E-state index contributed by atoms with van der Waals surface area (Å²) in [6.07, 6.45) is 0. The summed E-state index contributed by atoms with van der Waals surface area (Å²) in [6.45, 7) is 0. The van der Waals surface area contributed by atoms with Gasteiger partial charge in [-0.15, -0.1) is 11.3 Å². The van der Waals surface area contributed by atoms with Crippen molar-refractivity contribution in [3.8, 4) is 11.5 Å². The molecule has 3 rings (SSSR count). The van der Waals surface area contributed by atoms with Gasteiger partial charge in [-0.2, -0.15) is 0 Å². The van der Waals surface area contributed by atoms with Crippen molar-refractivity contribution in [3.05, 3.63) is 46.6 Å². The van der Waals surface area contributed by atoms with Crippen LogP contribution in [-0.4, -0.2) is 14.2 Å². The summed E-state index contributed by atoms with van der Waals surface area (Å²) in [4.78, 5) is 12.4. The first-order valence-electron chi connectivity index (χ1n) is 5.81. The normalized spacial score (nSPS) is 10.8. The third-order valence-corrected chi connectivity index (χ3v) is 4.20. The van der Waals surface area contributed by atoms with E-state index in [0.717, 1.165) is 31.7 Å². The molecular formula is C15H12O3S. The summed E-state index contributed by atoms with van der Waals surface area (Å²) in [6, 6.07) is 11.0. The predicted molar refractivity (Wildman–Crippen MR) is 78.7 cm³/mol. The minimum atomic E-state index is 0.0501. The zero-order chi connectivity index (χ0) is 13.4. The topological polar surface area (TPSA) is 35.5 Å². The Morgan fingerprint density at radius 1 is 0.842 bits per heavy atom. The predicted octanol–water partition coefficient (Wildman–Crippen LogP) is 3.43. The fourth-order valence-electron chi connectivity index (χ4n) is 2.07. The first-order chi connectivity index (χ1) is 9.22. The molecule has 0 aliphatic carbocycles. The highest BCUT2D eigenvalue weighted by Crippen LogP contribution is 2.29. The van der Waals surface area contributed by atoms with Crippen molar-refractivity contribution in [1.29, 1.82) is 0 Å². The smallest absolute Gasteiger partial charge is 0.195 e. The maximum Gasteiger partial charge on any atom is 0.195 e. The van der Waals surface area contributed by atoms with Crippen molar-refractivity contribution in [1.82, 2.24) is 0 Å². The Labute approximate surface area is 114 Å². The largest absolute Gasteiger partial charge is 0.497 e. The van der Waals surface area contributed by atoms with Gasteiger partial charge in [0.05, 0.1) is 14.2 Å². The second-order valence-electron chi connectivity index (χ2n) is 4.16. The fraction of sp³-hybridized carbons (Fsp3) is 0.133. The van der Waals surface area contributed by atoms with Gasteiger partial charge in [0.1, 0.15) is 11.5 Å². The van der Waals surface area contributed by atoms with E-state index < -0.39 is 0 Å². The van der Waals surface area contributed by atoms with Crippen molar-refractivity contribution >= 4 is 31.5 Å². The van der Waals surface area contributed by atoms with E-state index in [1.165, 1.54) is 0 Å². The molecular weight excluding hydrogens is 260 g/mol. The van der Waals surface area contributed by atoms with Gasteiger partial charge < -0.3 is 9.47 Å². The molecule has 96 valence electrons. The second-order valence-corrected chi connectivity index (χ2v) is 5.24. The van der Waals surface area contributed by atoms with Crippen molar-refractivity contribution in [3.63, 3.8) is 0 Å². The molecule has 0 aliphatic heterocycles. The lowest BCUT2D eigenvalue weighted by Crippen LogP contribution is -2.01. The van der Waals surface area contributed by atoms with Gasteiger partial charge in [0, 0.05) is 20.2 Å². The van der Waals surface area contributed by atoms with Crippen molar-refractivity contribution in [2.24, 2.45) is 0 Å². The summed E-state index contributed by atoms with van der Waals surface area (Å²) < 4.78 is 12.2. The molecule has 0 fully saturated rings. The van der Waals surface area contributed by atoms with E-state index in [2.05, 4.69) is 0 Å². The molecule has 0 spiro atoms. The van der Waals surface area contributed by atoms with Crippen LogP contribution in [0.1, 0.15) is 0 Å². The van der Waals surface area contributed by atoms with Gasteiger partial charge in [-0.25, -0.2) is 0 Å². The number of hydrogen-bond acceptors (Lipinski definition) is 4. The molecule has 3 aromatic rings. The third-order valence-electron chi connectivity index (χ3n) is 3.09. The third kappa shape index (κ3) is 1.94. The Morgan fingerprint density at radius 3 is 1.74 bits per heavy atom. The molecule has 2 aromatic carbocycles. The first kappa shape index (κ1) is 12.0. The van der Waals surface area contributed by atoms with Crippen molar-refractivity contribution in [2.45, 2.75) is 0 Å². The highest BCUT2D eigenvalue weighted by Gasteiger charge is 2.07. The molecule has 19 heavy (non-hydrogen) atoms. The molecule has 0 saturated heterocycles. The molecule has 0 N–H and O–H groups in total. The fourth-order valence-corrected chi connectivity index (χ4v) is 3.20. The summed E-state index contributed by atoms with van der Waals surface area (Å²) >= 11 is 1.56. The van der Waals surface area contributed by atoms with Crippen LogP contribution in [0, 0.1) is 0 Å². The molecule has 0 atom stereocenters. The molecule has 3 nitrogen and oxygen atoms in total. The first-order valence-corrected chi connectivity index (χ1v) is 6.63. The standard InChI is InChI=1S/C15H12O3S/c1-17-9-3-5-11-13(7-9)19-14-8-10(18-2)4-6-12(14)15(11)16/h3-8H,1-2H3. The van der Waals surface area contributed by atoms with Crippen LogP contribution >= 0.6 is 11.3 Å². The SMILES string of the molecule is COc1ccc2c(=O)c3ccc(OC)cc3sc2c1. The van der Waals surface area contributed by atoms with E-state index in [9.17, 15) is 4.79 Å². The molecule has 1 heterocycles. The number of ether oxygens (including phenoxy) is 2. The second kappa shape index (κ2) is 4.55. The number of methoxy groups -OCH3 is 2. The van der Waals surface area contributed by atoms with Crippen molar-refractivity contribution < 1.29 is 9.47 Å². The van der Waals surface area contributed by atoms with Gasteiger partial charge in [0.15, 0.2) is 5.43 Å². The summed E-state index contributed by atoms with van der Waals surface area (Å²) in [7, 11) is 3.24. The van der Waals surface area contributed by atoms with Gasteiger partial charge in [-0.05, 0) is 36.4 Å². The van der Waals surface area contributed by atoms with Crippen LogP contribution in [0.4, 0.5) is 0 Å². The van der Waals surface area contributed by atoms with Gasteiger partial charge in [-0.3, -0.25) is 4.79 Å². The Balaban J connectivity index is 2.41. The lowest BCUT2D eigenvalue weighted by atomic mass is 10.2. The monoisotopic (exact) mass is 272 g/mol. The molecule has 4 heteroatoms. The van der Waals surface area contributed by atoms with Gasteiger partial charge in [0.2, 0.25) is 0 Å². The zero-order valence-corrected chi connectivity index (χ0v) is 11.4. The highest BCUT2D eigenvalue weighted by molar-refractivity contribution is 7.24. The molecule has 0 aliphatic rings. The Bertz CT molecular complexity index is 756. The minimum Gasteiger partial charge on any atom is -0.497 e. The molecule has 0 saturated carbocycles. The maximum atomic E-state index is 12.4. The lowest BCUT2D eigenvalue weighted by molar-refractivity contribution is 0.415. The zero-order valence-electron chi connectivity index (χ0n) is 10.6. The van der Waals surface area contributed by atoms with E-state index in [4.69, 9.17) is 9.47 Å². The van der Waals surface area contributed by atoms with Crippen LogP contribution in [0.2, 0.25) is 0 Å². The van der Waals surface area contributed by atoms with Crippen LogP contribution in [0.5, 0.6) is 11.5 Å². The highest BCUT2D eigenvalue weighted by atomic mass is 32.1. The molecule has 1 aromatic heterocycles. The van der Waals surface area contributed by atoms with Gasteiger partial charge in [-0.1, -0.05) is 0 Å². The number of hydrogen-bond donors (Lipinski definition) is 0. The molecule has 0 radical (unpaired) electrons. The van der Waals surface area contributed by atoms with E-state index in [0.29, 0.717) is 0 Å². The summed E-state index contributed by atoms with van der Waals surface area (Å²) in [5, 5.41) is 1.45. The quantitative estimate of drug-likeness (QED) is 0.670. The summed E-state index contributed by atoms with van der Waals surface area (Å²) in [5.41, 5.74) is 0.0501. The average molecular weight is 272 g/mol. The van der Waals surface area contributed by atoms with Crippen LogP contribution in [0.25, 0.3) is 20.2 Å². The summed E-state index contributed by atoms with van der Waals surface area (Å²) in [5.74, 6) is 1.51. The molecule has 0 unspecified atom stereocenters. The van der Waals surface area contributed by atoms with E-state index in [1.807, 2.05) is 36.4 Å². The molecule has 0 bridgehead atoms. The average Bonchev–Trinajstić information content (AvgIpc) is 2.46. The Morgan fingerprint density at radius 2 is 1.32 bits per heavy atom. The van der Waals surface area contributed by atoms with E-state index in [-0.39, 0.29) is 5.43 Å². The van der Waals surface area contributed by atoms with E-state index in [1.54, 1.807) is 25.6 Å². The van der Waals surface area contributed by atoms with E-state index >= 15 is 0 Å². The van der Waals surface area contributed by atoms with Crippen LogP contribution in [-0.2, 0) is 0 Å². The van der Waals surface area contributed by atoms with Gasteiger partial charge in [0.25, 0.3) is 0 Å². The number of fused-ring (bicyclic) bond motifs is 2. The number of rotatable bonds is 2. The Hall–Kier alpha value is -2.07. The lowest BCUT2D eigenvalue weighted by Gasteiger charge is -2.05. The minimum absolute atomic E-state index is 0.0501. The Kier molecular flexibility index (Phi) is 2.87. The molecule has 0 amide bonds.